The van der Waals surface area contributed by atoms with E-state index < -0.39 is 0 Å². The highest BCUT2D eigenvalue weighted by molar-refractivity contribution is 5.99. The van der Waals surface area contributed by atoms with Gasteiger partial charge in [-0.25, -0.2) is 0 Å². The molecule has 4 nitrogen and oxygen atoms in total. The average molecular weight is 875 g/mol. The summed E-state index contributed by atoms with van der Waals surface area (Å²) in [7, 11) is 0. The van der Waals surface area contributed by atoms with Gasteiger partial charge >= 0.3 is 0 Å². The van der Waals surface area contributed by atoms with E-state index in [1.54, 1.807) is 0 Å². The molecule has 0 radical (unpaired) electrons. The summed E-state index contributed by atoms with van der Waals surface area (Å²) in [6.45, 7) is 8.66. The molecule has 1 aliphatic carbocycles. The highest BCUT2D eigenvalue weighted by Crippen LogP contribution is 2.55. The van der Waals surface area contributed by atoms with E-state index in [4.69, 9.17) is 0 Å². The van der Waals surface area contributed by atoms with Crippen molar-refractivity contribution < 1.29 is 0 Å². The van der Waals surface area contributed by atoms with Gasteiger partial charge < -0.3 is 9.80 Å². The van der Waals surface area contributed by atoms with Gasteiger partial charge in [-0.2, -0.15) is 10.5 Å². The molecule has 0 aromatic heterocycles. The number of aryl methyl sites for hydroxylation is 1. The van der Waals surface area contributed by atoms with Gasteiger partial charge in [0.1, 0.15) is 0 Å². The zero-order valence-electron chi connectivity index (χ0n) is 39.7. The fraction of sp³-hybridized carbons (Fsp3) is 0.238. The Morgan fingerprint density at radius 3 is 1.42 bits per heavy atom. The predicted octanol–water partition coefficient (Wildman–Crippen LogP) is 18.1. The SMILES string of the molecule is CCCCCCC1(CCCCCC)c2ccc(/C(C#N)=C/c3cc(N(c4ccccc4)c4ccccc4)c(/C=C(/C)C#N)cc3N(c3ccccc3)c3ccccc3)cc2-c2ccc(C)cc21. The smallest absolute Gasteiger partial charge is 0.0998 e. The summed E-state index contributed by atoms with van der Waals surface area (Å²) in [4.78, 5) is 4.50. The zero-order chi connectivity index (χ0) is 46.6. The molecule has 7 aromatic rings. The Labute approximate surface area is 399 Å². The highest BCUT2D eigenvalue weighted by atomic mass is 15.2. The van der Waals surface area contributed by atoms with Crippen LogP contribution in [0.2, 0.25) is 0 Å². The van der Waals surface area contributed by atoms with Crippen LogP contribution in [0.15, 0.2) is 175 Å². The van der Waals surface area contributed by atoms with Crippen LogP contribution in [-0.4, -0.2) is 0 Å². The van der Waals surface area contributed by atoms with E-state index in [-0.39, 0.29) is 5.41 Å². The molecule has 7 aromatic carbocycles. The van der Waals surface area contributed by atoms with Gasteiger partial charge in [0.15, 0.2) is 0 Å². The summed E-state index contributed by atoms with van der Waals surface area (Å²) in [6.07, 6.45) is 16.2. The molecule has 0 saturated heterocycles. The Kier molecular flexibility index (Phi) is 15.0. The van der Waals surface area contributed by atoms with Gasteiger partial charge in [-0.1, -0.05) is 174 Å². The number of nitrogens with zero attached hydrogens (tertiary/aromatic N) is 4. The van der Waals surface area contributed by atoms with Crippen LogP contribution in [0.3, 0.4) is 0 Å². The van der Waals surface area contributed by atoms with Gasteiger partial charge in [-0.15, -0.1) is 0 Å². The third-order valence-corrected chi connectivity index (χ3v) is 13.4. The Balaban J connectivity index is 1.38. The molecule has 0 saturated carbocycles. The molecule has 334 valence electrons. The van der Waals surface area contributed by atoms with E-state index in [1.165, 1.54) is 79.2 Å². The summed E-state index contributed by atoms with van der Waals surface area (Å²) in [5, 5.41) is 21.6. The summed E-state index contributed by atoms with van der Waals surface area (Å²) < 4.78 is 0. The second kappa shape index (κ2) is 21.7. The molecule has 0 spiro atoms. The van der Waals surface area contributed by atoms with E-state index in [0.29, 0.717) is 11.1 Å². The molecule has 0 fully saturated rings. The Bertz CT molecular complexity index is 2830. The maximum atomic E-state index is 11.4. The first-order chi connectivity index (χ1) is 32.9. The number of benzene rings is 7. The fourth-order valence-electron chi connectivity index (χ4n) is 10.1. The summed E-state index contributed by atoms with van der Waals surface area (Å²) in [5.41, 5.74) is 16.1. The van der Waals surface area contributed by atoms with E-state index >= 15 is 0 Å². The lowest BCUT2D eigenvalue weighted by Crippen LogP contribution is -2.25. The van der Waals surface area contributed by atoms with Gasteiger partial charge in [0.2, 0.25) is 0 Å². The third-order valence-electron chi connectivity index (χ3n) is 13.4. The van der Waals surface area contributed by atoms with Crippen molar-refractivity contribution in [1.29, 1.82) is 10.5 Å². The standard InChI is InChI=1S/C63H62N4/c1-5-7-9-23-37-63(38-24-10-8-6-2)59-36-34-49(42-58(59)57-35-33-47(3)40-60(57)63)52(46-65)41-51-44-61(66(53-25-15-11-16-26-53)54-27-17-12-18-28-54)50(39-48(4)45-64)43-62(51)67(55-29-19-13-20-30-55)56-31-21-14-22-32-56/h11-22,25-36,39-44H,5-10,23-24,37-38H2,1-4H3/b48-39-,52-41+. The number of anilines is 6. The Hall–Kier alpha value is -7.40. The van der Waals surface area contributed by atoms with Crippen molar-refractivity contribution in [3.05, 3.63) is 209 Å². The number of rotatable bonds is 19. The van der Waals surface area contributed by atoms with Crippen molar-refractivity contribution >= 4 is 51.8 Å². The predicted molar refractivity (Wildman–Crippen MR) is 283 cm³/mol. The molecule has 8 rings (SSSR count). The summed E-state index contributed by atoms with van der Waals surface area (Å²) in [5.74, 6) is 0. The van der Waals surface area contributed by atoms with Crippen molar-refractivity contribution in [2.24, 2.45) is 0 Å². The van der Waals surface area contributed by atoms with E-state index in [2.05, 4.69) is 194 Å². The van der Waals surface area contributed by atoms with Crippen molar-refractivity contribution in [2.75, 3.05) is 9.80 Å². The van der Waals surface area contributed by atoms with E-state index in [0.717, 1.165) is 63.7 Å². The number of hydrogen-bond acceptors (Lipinski definition) is 4. The van der Waals surface area contributed by atoms with E-state index in [1.807, 2.05) is 37.3 Å². The van der Waals surface area contributed by atoms with Crippen molar-refractivity contribution in [1.82, 2.24) is 0 Å². The molecule has 0 atom stereocenters. The lowest BCUT2D eigenvalue weighted by molar-refractivity contribution is 0.401. The van der Waals surface area contributed by atoms with Crippen LogP contribution in [0, 0.1) is 29.6 Å². The highest BCUT2D eigenvalue weighted by Gasteiger charge is 2.42. The average Bonchev–Trinajstić information content (AvgIpc) is 3.63. The first-order valence-electron chi connectivity index (χ1n) is 24.3. The van der Waals surface area contributed by atoms with Crippen molar-refractivity contribution in [2.45, 2.75) is 97.3 Å². The first-order valence-corrected chi connectivity index (χ1v) is 24.3. The lowest BCUT2D eigenvalue weighted by atomic mass is 9.70. The van der Waals surface area contributed by atoms with Crippen LogP contribution in [0.1, 0.15) is 118 Å². The van der Waals surface area contributed by atoms with Gasteiger partial charge in [-0.3, -0.25) is 0 Å². The maximum Gasteiger partial charge on any atom is 0.0998 e. The summed E-state index contributed by atoms with van der Waals surface area (Å²) >= 11 is 0. The molecule has 0 unspecified atom stereocenters. The summed E-state index contributed by atoms with van der Waals surface area (Å²) in [6, 6.07) is 64.9. The minimum atomic E-state index is -0.0512. The molecule has 0 amide bonds. The second-order valence-corrected chi connectivity index (χ2v) is 18.1. The molecule has 4 heteroatoms. The van der Waals surface area contributed by atoms with Crippen LogP contribution in [0.4, 0.5) is 34.1 Å². The molecular formula is C63H62N4. The number of unbranched alkanes of at least 4 members (excludes halogenated alkanes) is 6. The van der Waals surface area contributed by atoms with Gasteiger partial charge in [0.05, 0.1) is 29.1 Å². The largest absolute Gasteiger partial charge is 0.310 e. The van der Waals surface area contributed by atoms with Crippen LogP contribution in [0.25, 0.3) is 28.9 Å². The molecule has 0 bridgehead atoms. The molecule has 67 heavy (non-hydrogen) atoms. The van der Waals surface area contributed by atoms with Crippen LogP contribution in [0.5, 0.6) is 0 Å². The topological polar surface area (TPSA) is 54.1 Å². The monoisotopic (exact) mass is 874 g/mol. The third kappa shape index (κ3) is 10.1. The number of hydrogen-bond donors (Lipinski definition) is 0. The van der Waals surface area contributed by atoms with E-state index in [9.17, 15) is 10.5 Å². The second-order valence-electron chi connectivity index (χ2n) is 18.1. The minimum absolute atomic E-state index is 0.0512. The van der Waals surface area contributed by atoms with Gasteiger partial charge in [0, 0.05) is 44.9 Å². The van der Waals surface area contributed by atoms with Crippen LogP contribution >= 0.6 is 0 Å². The Morgan fingerprint density at radius 2 is 0.970 bits per heavy atom. The maximum absolute atomic E-state index is 11.4. The van der Waals surface area contributed by atoms with Crippen LogP contribution in [-0.2, 0) is 5.41 Å². The number of para-hydroxylation sites is 4. The van der Waals surface area contributed by atoms with Gasteiger partial charge in [-0.05, 0) is 133 Å². The quantitative estimate of drug-likeness (QED) is 0.0461. The Morgan fingerprint density at radius 1 is 0.493 bits per heavy atom. The lowest BCUT2D eigenvalue weighted by Gasteiger charge is -2.33. The van der Waals surface area contributed by atoms with Crippen LogP contribution < -0.4 is 9.80 Å². The van der Waals surface area contributed by atoms with Crippen molar-refractivity contribution in [3.8, 4) is 23.3 Å². The van der Waals surface area contributed by atoms with Crippen molar-refractivity contribution in [3.63, 3.8) is 0 Å². The van der Waals surface area contributed by atoms with Gasteiger partial charge in [0.25, 0.3) is 0 Å². The first kappa shape index (κ1) is 46.1. The fourth-order valence-corrected chi connectivity index (χ4v) is 10.1. The minimum Gasteiger partial charge on any atom is -0.310 e. The number of allylic oxidation sites excluding steroid dienone is 2. The number of nitriles is 2. The molecular weight excluding hydrogens is 813 g/mol. The molecule has 0 aliphatic heterocycles. The number of fused-ring (bicyclic) bond motifs is 3. The molecule has 0 heterocycles. The normalized spacial score (nSPS) is 12.7. The molecule has 1 aliphatic rings. The zero-order valence-corrected chi connectivity index (χ0v) is 39.7. The molecule has 0 N–H and O–H groups in total.